The summed E-state index contributed by atoms with van der Waals surface area (Å²) in [5.74, 6) is -0.289. The normalized spacial score (nSPS) is 10.6. The summed E-state index contributed by atoms with van der Waals surface area (Å²) >= 11 is 0. The molecule has 0 atom stereocenters. The first-order valence-electron chi connectivity index (χ1n) is 5.71. The molecule has 3 rings (SSSR count). The van der Waals surface area contributed by atoms with Crippen molar-refractivity contribution in [1.82, 2.24) is 14.6 Å². The molecule has 0 bridgehead atoms. The van der Waals surface area contributed by atoms with E-state index < -0.39 is 0 Å². The Morgan fingerprint density at radius 2 is 1.95 bits per heavy atom. The van der Waals surface area contributed by atoms with Crippen LogP contribution in [0.3, 0.4) is 0 Å². The maximum Gasteiger partial charge on any atom is 0.173 e. The molecule has 0 saturated heterocycles. The monoisotopic (exact) mass is 252 g/mol. The highest BCUT2D eigenvalue weighted by atomic mass is 19.1. The molecule has 0 spiro atoms. The summed E-state index contributed by atoms with van der Waals surface area (Å²) in [4.78, 5) is 4.18. The highest BCUT2D eigenvalue weighted by Gasteiger charge is 2.13. The Morgan fingerprint density at radius 3 is 2.63 bits per heavy atom. The van der Waals surface area contributed by atoms with Crippen molar-refractivity contribution in [2.24, 2.45) is 0 Å². The van der Waals surface area contributed by atoms with Crippen LogP contribution in [0.15, 0.2) is 36.5 Å². The van der Waals surface area contributed by atoms with E-state index in [0.29, 0.717) is 16.9 Å². The molecular formula is C14H9FN4. The molecule has 92 valence electrons. The van der Waals surface area contributed by atoms with Crippen LogP contribution in [0.4, 0.5) is 4.39 Å². The first-order chi connectivity index (χ1) is 9.20. The maximum atomic E-state index is 13.0. The minimum absolute atomic E-state index is 0.289. The molecule has 0 aliphatic carbocycles. The first-order valence-corrected chi connectivity index (χ1v) is 5.71. The average molecular weight is 252 g/mol. The van der Waals surface area contributed by atoms with Gasteiger partial charge >= 0.3 is 0 Å². The number of hydrogen-bond acceptors (Lipinski definition) is 3. The summed E-state index contributed by atoms with van der Waals surface area (Å²) in [6.07, 6.45) is 1.62. The fourth-order valence-electron chi connectivity index (χ4n) is 2.02. The standard InChI is InChI=1S/C14H9FN4/c1-9-12(8-16)14-17-7-6-13(19(14)18-9)10-2-4-11(15)5-3-10/h2-7H,1H3. The van der Waals surface area contributed by atoms with Gasteiger partial charge in [-0.25, -0.2) is 13.9 Å². The average Bonchev–Trinajstić information content (AvgIpc) is 2.75. The van der Waals surface area contributed by atoms with Crippen LogP contribution in [-0.2, 0) is 0 Å². The lowest BCUT2D eigenvalue weighted by molar-refractivity contribution is 0.628. The summed E-state index contributed by atoms with van der Waals surface area (Å²) in [5, 5.41) is 13.4. The van der Waals surface area contributed by atoms with Crippen LogP contribution < -0.4 is 0 Å². The zero-order chi connectivity index (χ0) is 13.4. The van der Waals surface area contributed by atoms with Crippen molar-refractivity contribution < 1.29 is 4.39 Å². The Hall–Kier alpha value is -2.74. The van der Waals surface area contributed by atoms with Crippen LogP contribution in [0.2, 0.25) is 0 Å². The van der Waals surface area contributed by atoms with Gasteiger partial charge in [-0.2, -0.15) is 10.4 Å². The third kappa shape index (κ3) is 1.74. The molecule has 0 fully saturated rings. The predicted molar refractivity (Wildman–Crippen MR) is 67.8 cm³/mol. The summed E-state index contributed by atoms with van der Waals surface area (Å²) in [6.45, 7) is 1.77. The molecule has 0 saturated carbocycles. The molecule has 1 aromatic carbocycles. The topological polar surface area (TPSA) is 54.0 Å². The van der Waals surface area contributed by atoms with Gasteiger partial charge in [0, 0.05) is 11.8 Å². The summed E-state index contributed by atoms with van der Waals surface area (Å²) < 4.78 is 14.6. The van der Waals surface area contributed by atoms with Crippen molar-refractivity contribution in [3.8, 4) is 17.3 Å². The second-order valence-corrected chi connectivity index (χ2v) is 4.14. The lowest BCUT2D eigenvalue weighted by atomic mass is 10.1. The fraction of sp³-hybridized carbons (Fsp3) is 0.0714. The Bertz CT molecular complexity index is 797. The molecule has 0 unspecified atom stereocenters. The van der Waals surface area contributed by atoms with E-state index in [-0.39, 0.29) is 5.82 Å². The number of halogens is 1. The number of aromatic nitrogens is 3. The van der Waals surface area contributed by atoms with E-state index in [1.807, 2.05) is 0 Å². The first kappa shape index (κ1) is 11.4. The molecule has 0 aliphatic heterocycles. The van der Waals surface area contributed by atoms with E-state index in [4.69, 9.17) is 5.26 Å². The Labute approximate surface area is 108 Å². The molecule has 0 aliphatic rings. The third-order valence-electron chi connectivity index (χ3n) is 2.95. The second kappa shape index (κ2) is 4.18. The Morgan fingerprint density at radius 1 is 1.21 bits per heavy atom. The minimum Gasteiger partial charge on any atom is -0.236 e. The lowest BCUT2D eigenvalue weighted by Gasteiger charge is -2.04. The number of hydrogen-bond donors (Lipinski definition) is 0. The molecule has 0 N–H and O–H groups in total. The fourth-order valence-corrected chi connectivity index (χ4v) is 2.02. The van der Waals surface area contributed by atoms with Gasteiger partial charge in [-0.15, -0.1) is 0 Å². The summed E-state index contributed by atoms with van der Waals surface area (Å²) in [7, 11) is 0. The van der Waals surface area contributed by atoms with Gasteiger partial charge in [0.25, 0.3) is 0 Å². The zero-order valence-electron chi connectivity index (χ0n) is 10.1. The Kier molecular flexibility index (Phi) is 2.50. The van der Waals surface area contributed by atoms with Crippen molar-refractivity contribution in [3.05, 3.63) is 53.6 Å². The van der Waals surface area contributed by atoms with Crippen LogP contribution in [0.25, 0.3) is 16.9 Å². The number of nitrogens with zero attached hydrogens (tertiary/aromatic N) is 4. The minimum atomic E-state index is -0.289. The van der Waals surface area contributed by atoms with Crippen molar-refractivity contribution in [1.29, 1.82) is 5.26 Å². The van der Waals surface area contributed by atoms with Crippen molar-refractivity contribution in [2.75, 3.05) is 0 Å². The van der Waals surface area contributed by atoms with Gasteiger partial charge in [-0.3, -0.25) is 0 Å². The van der Waals surface area contributed by atoms with Crippen molar-refractivity contribution in [3.63, 3.8) is 0 Å². The number of fused-ring (bicyclic) bond motifs is 1. The molecule has 19 heavy (non-hydrogen) atoms. The van der Waals surface area contributed by atoms with Gasteiger partial charge in [-0.1, -0.05) is 0 Å². The van der Waals surface area contributed by atoms with Gasteiger partial charge in [-0.05, 0) is 37.3 Å². The molecule has 0 radical (unpaired) electrons. The van der Waals surface area contributed by atoms with Crippen molar-refractivity contribution >= 4 is 5.65 Å². The lowest BCUT2D eigenvalue weighted by Crippen LogP contribution is -1.96. The van der Waals surface area contributed by atoms with Gasteiger partial charge < -0.3 is 0 Å². The largest absolute Gasteiger partial charge is 0.236 e. The van der Waals surface area contributed by atoms with Gasteiger partial charge in [0.2, 0.25) is 0 Å². The number of aryl methyl sites for hydroxylation is 1. The van der Waals surface area contributed by atoms with E-state index in [1.165, 1.54) is 12.1 Å². The van der Waals surface area contributed by atoms with Crippen LogP contribution in [-0.4, -0.2) is 14.6 Å². The number of nitriles is 1. The predicted octanol–water partition coefficient (Wildman–Crippen LogP) is 2.72. The zero-order valence-corrected chi connectivity index (χ0v) is 10.1. The van der Waals surface area contributed by atoms with Gasteiger partial charge in [0.1, 0.15) is 17.4 Å². The summed E-state index contributed by atoms with van der Waals surface area (Å²) in [6, 6.07) is 10.0. The van der Waals surface area contributed by atoms with E-state index in [0.717, 1.165) is 11.3 Å². The number of benzene rings is 1. The molecular weight excluding hydrogens is 243 g/mol. The highest BCUT2D eigenvalue weighted by molar-refractivity contribution is 5.66. The molecule has 0 amide bonds. The quantitative estimate of drug-likeness (QED) is 0.669. The van der Waals surface area contributed by atoms with Crippen molar-refractivity contribution in [2.45, 2.75) is 6.92 Å². The van der Waals surface area contributed by atoms with Gasteiger partial charge in [0.15, 0.2) is 5.65 Å². The van der Waals surface area contributed by atoms with Crippen LogP contribution in [0, 0.1) is 24.1 Å². The van der Waals surface area contributed by atoms with E-state index in [2.05, 4.69) is 16.2 Å². The second-order valence-electron chi connectivity index (χ2n) is 4.14. The number of rotatable bonds is 1. The third-order valence-corrected chi connectivity index (χ3v) is 2.95. The van der Waals surface area contributed by atoms with Crippen LogP contribution in [0.1, 0.15) is 11.3 Å². The molecule has 5 heteroatoms. The van der Waals surface area contributed by atoms with Crippen LogP contribution in [0.5, 0.6) is 0 Å². The highest BCUT2D eigenvalue weighted by Crippen LogP contribution is 2.22. The smallest absolute Gasteiger partial charge is 0.173 e. The van der Waals surface area contributed by atoms with Gasteiger partial charge in [0.05, 0.1) is 11.4 Å². The molecule has 3 aromatic rings. The SMILES string of the molecule is Cc1nn2c(-c3ccc(F)cc3)ccnc2c1C#N. The van der Waals surface area contributed by atoms with E-state index in [9.17, 15) is 4.39 Å². The molecule has 2 aromatic heterocycles. The van der Waals surface area contributed by atoms with E-state index in [1.54, 1.807) is 35.8 Å². The summed E-state index contributed by atoms with van der Waals surface area (Å²) in [5.41, 5.74) is 3.20. The molecule has 4 nitrogen and oxygen atoms in total. The van der Waals surface area contributed by atoms with E-state index >= 15 is 0 Å². The maximum absolute atomic E-state index is 13.0. The van der Waals surface area contributed by atoms with Crippen LogP contribution >= 0.6 is 0 Å². The molecule has 2 heterocycles. The Balaban J connectivity index is 2.31.